The Hall–Kier alpha value is -2.07. The van der Waals surface area contributed by atoms with E-state index in [0.717, 1.165) is 24.2 Å². The van der Waals surface area contributed by atoms with E-state index in [4.69, 9.17) is 11.1 Å². The molecular formula is C17H22N4. The molecule has 1 aromatic heterocycles. The normalized spacial score (nSPS) is 22.8. The Labute approximate surface area is 125 Å². The summed E-state index contributed by atoms with van der Waals surface area (Å²) >= 11 is 0. The third-order valence-corrected chi connectivity index (χ3v) is 4.34. The second kappa shape index (κ2) is 5.74. The van der Waals surface area contributed by atoms with E-state index in [2.05, 4.69) is 41.2 Å². The fourth-order valence-corrected chi connectivity index (χ4v) is 3.22. The van der Waals surface area contributed by atoms with Crippen LogP contribution in [0.25, 0.3) is 16.5 Å². The lowest BCUT2D eigenvalue weighted by molar-refractivity contribution is 0.483. The van der Waals surface area contributed by atoms with Gasteiger partial charge in [0.25, 0.3) is 0 Å². The summed E-state index contributed by atoms with van der Waals surface area (Å²) < 4.78 is 2.33. The van der Waals surface area contributed by atoms with Crippen LogP contribution in [-0.2, 0) is 6.54 Å². The number of fused-ring (bicyclic) bond motifs is 1. The largest absolute Gasteiger partial charge is 0.404 e. The molecular weight excluding hydrogens is 260 g/mol. The van der Waals surface area contributed by atoms with Crippen LogP contribution in [0, 0.1) is 11.3 Å². The van der Waals surface area contributed by atoms with Gasteiger partial charge in [0.05, 0.1) is 0 Å². The maximum atomic E-state index is 7.39. The Morgan fingerprint density at radius 2 is 2.33 bits per heavy atom. The zero-order chi connectivity index (χ0) is 14.8. The zero-order valence-corrected chi connectivity index (χ0v) is 12.3. The monoisotopic (exact) mass is 282 g/mol. The summed E-state index contributed by atoms with van der Waals surface area (Å²) in [4.78, 5) is 0. The van der Waals surface area contributed by atoms with Crippen molar-refractivity contribution in [2.75, 3.05) is 6.54 Å². The highest BCUT2D eigenvalue weighted by atomic mass is 15.0. The van der Waals surface area contributed by atoms with Gasteiger partial charge in [-0.1, -0.05) is 6.07 Å². The van der Waals surface area contributed by atoms with E-state index in [1.165, 1.54) is 29.7 Å². The molecule has 2 atom stereocenters. The van der Waals surface area contributed by atoms with Crippen LogP contribution < -0.4 is 11.1 Å². The molecule has 1 aliphatic rings. The van der Waals surface area contributed by atoms with Crippen LogP contribution in [0.2, 0.25) is 0 Å². The van der Waals surface area contributed by atoms with Gasteiger partial charge in [0.2, 0.25) is 0 Å². The number of benzene rings is 1. The molecule has 0 bridgehead atoms. The van der Waals surface area contributed by atoms with Gasteiger partial charge in [-0.3, -0.25) is 0 Å². The minimum atomic E-state index is 0.633. The molecule has 2 heterocycles. The molecule has 2 aromatic rings. The third kappa shape index (κ3) is 2.72. The van der Waals surface area contributed by atoms with Crippen LogP contribution in [0.4, 0.5) is 0 Å². The minimum absolute atomic E-state index is 0.633. The van der Waals surface area contributed by atoms with E-state index in [0.29, 0.717) is 12.0 Å². The Kier molecular flexibility index (Phi) is 3.80. The van der Waals surface area contributed by atoms with Crippen molar-refractivity contribution in [3.05, 3.63) is 42.2 Å². The first-order valence-electron chi connectivity index (χ1n) is 7.46. The standard InChI is InChI=1S/C17H22N4/c1-12-6-13(10-20-12)11-21-5-4-15-7-14(2-3-17(15)21)16(8-18)9-19/h2-5,7-9,12-13,18,20H,6,10-11,19H2,1H3/b16-9+,18-8?/t12-,13?/m0/s1. The first-order chi connectivity index (χ1) is 10.2. The summed E-state index contributed by atoms with van der Waals surface area (Å²) in [6.07, 6.45) is 6.18. The second-order valence-electron chi connectivity index (χ2n) is 5.92. The zero-order valence-electron chi connectivity index (χ0n) is 12.3. The summed E-state index contributed by atoms with van der Waals surface area (Å²) in [6, 6.07) is 9.04. The van der Waals surface area contributed by atoms with E-state index < -0.39 is 0 Å². The summed E-state index contributed by atoms with van der Waals surface area (Å²) in [7, 11) is 0. The van der Waals surface area contributed by atoms with Crippen molar-refractivity contribution in [2.45, 2.75) is 25.9 Å². The number of rotatable bonds is 4. The number of nitrogens with zero attached hydrogens (tertiary/aromatic N) is 1. The Bertz CT molecular complexity index is 683. The predicted octanol–water partition coefficient (Wildman–Crippen LogP) is 2.59. The van der Waals surface area contributed by atoms with E-state index in [9.17, 15) is 0 Å². The molecule has 4 nitrogen and oxygen atoms in total. The third-order valence-electron chi connectivity index (χ3n) is 4.34. The number of nitrogens with one attached hydrogen (secondary N) is 2. The molecule has 0 aliphatic carbocycles. The minimum Gasteiger partial charge on any atom is -0.404 e. The average molecular weight is 282 g/mol. The lowest BCUT2D eigenvalue weighted by Gasteiger charge is -2.11. The summed E-state index contributed by atoms with van der Waals surface area (Å²) in [6.45, 7) is 4.41. The molecule has 1 fully saturated rings. The van der Waals surface area contributed by atoms with Crippen LogP contribution in [0.5, 0.6) is 0 Å². The highest BCUT2D eigenvalue weighted by molar-refractivity contribution is 6.09. The van der Waals surface area contributed by atoms with E-state index in [-0.39, 0.29) is 0 Å². The molecule has 1 aromatic carbocycles. The summed E-state index contributed by atoms with van der Waals surface area (Å²) in [5, 5.41) is 12.1. The van der Waals surface area contributed by atoms with Crippen molar-refractivity contribution in [3.63, 3.8) is 0 Å². The number of hydrogen-bond donors (Lipinski definition) is 3. The topological polar surface area (TPSA) is 66.8 Å². The number of nitrogens with two attached hydrogens (primary N) is 1. The van der Waals surface area contributed by atoms with Gasteiger partial charge in [-0.25, -0.2) is 0 Å². The Morgan fingerprint density at radius 1 is 1.48 bits per heavy atom. The molecule has 21 heavy (non-hydrogen) atoms. The number of aromatic nitrogens is 1. The van der Waals surface area contributed by atoms with Gasteiger partial charge in [-0.2, -0.15) is 0 Å². The van der Waals surface area contributed by atoms with E-state index in [1.807, 2.05) is 6.07 Å². The summed E-state index contributed by atoms with van der Waals surface area (Å²) in [5.74, 6) is 0.705. The van der Waals surface area contributed by atoms with Gasteiger partial charge in [0.1, 0.15) is 0 Å². The molecule has 0 amide bonds. The van der Waals surface area contributed by atoms with Crippen LogP contribution in [0.3, 0.4) is 0 Å². The first kappa shape index (κ1) is 13.9. The molecule has 1 saturated heterocycles. The second-order valence-corrected chi connectivity index (χ2v) is 5.92. The predicted molar refractivity (Wildman–Crippen MR) is 88.5 cm³/mol. The van der Waals surface area contributed by atoms with Crippen molar-refractivity contribution in [1.82, 2.24) is 9.88 Å². The van der Waals surface area contributed by atoms with Crippen molar-refractivity contribution >= 4 is 22.7 Å². The van der Waals surface area contributed by atoms with E-state index in [1.54, 1.807) is 0 Å². The van der Waals surface area contributed by atoms with Gasteiger partial charge in [-0.05, 0) is 49.6 Å². The molecule has 0 radical (unpaired) electrons. The lowest BCUT2D eigenvalue weighted by atomic mass is 10.1. The Balaban J connectivity index is 1.87. The van der Waals surface area contributed by atoms with Gasteiger partial charge < -0.3 is 21.0 Å². The highest BCUT2D eigenvalue weighted by Crippen LogP contribution is 2.24. The number of allylic oxidation sites excluding steroid dienone is 1. The molecule has 4 N–H and O–H groups in total. The number of hydrogen-bond acceptors (Lipinski definition) is 3. The van der Waals surface area contributed by atoms with Crippen LogP contribution in [0.1, 0.15) is 18.9 Å². The highest BCUT2D eigenvalue weighted by Gasteiger charge is 2.21. The van der Waals surface area contributed by atoms with Gasteiger partial charge >= 0.3 is 0 Å². The SMILES string of the molecule is C[C@H]1CC(Cn2ccc3cc(/C(C=N)=C/N)ccc32)CN1. The average Bonchev–Trinajstić information content (AvgIpc) is 3.07. The maximum Gasteiger partial charge on any atom is 0.0480 e. The molecule has 110 valence electrons. The maximum absolute atomic E-state index is 7.39. The molecule has 3 rings (SSSR count). The van der Waals surface area contributed by atoms with Crippen molar-refractivity contribution in [2.24, 2.45) is 11.7 Å². The quantitative estimate of drug-likeness (QED) is 0.755. The Morgan fingerprint density at radius 3 is 3.00 bits per heavy atom. The van der Waals surface area contributed by atoms with Crippen LogP contribution in [-0.4, -0.2) is 23.4 Å². The van der Waals surface area contributed by atoms with Crippen molar-refractivity contribution < 1.29 is 0 Å². The smallest absolute Gasteiger partial charge is 0.0480 e. The summed E-state index contributed by atoms with van der Waals surface area (Å²) in [5.41, 5.74) is 8.55. The fourth-order valence-electron chi connectivity index (χ4n) is 3.22. The molecule has 1 aliphatic heterocycles. The lowest BCUT2D eigenvalue weighted by Crippen LogP contribution is -2.17. The van der Waals surface area contributed by atoms with Crippen molar-refractivity contribution in [3.8, 4) is 0 Å². The van der Waals surface area contributed by atoms with Crippen LogP contribution in [0.15, 0.2) is 36.7 Å². The fraction of sp³-hybridized carbons (Fsp3) is 0.353. The van der Waals surface area contributed by atoms with Crippen LogP contribution >= 0.6 is 0 Å². The first-order valence-corrected chi connectivity index (χ1v) is 7.46. The molecule has 1 unspecified atom stereocenters. The van der Waals surface area contributed by atoms with Gasteiger partial charge in [0.15, 0.2) is 0 Å². The van der Waals surface area contributed by atoms with Gasteiger partial charge in [0, 0.05) is 47.7 Å². The molecule has 0 saturated carbocycles. The van der Waals surface area contributed by atoms with Gasteiger partial charge in [-0.15, -0.1) is 0 Å². The van der Waals surface area contributed by atoms with E-state index >= 15 is 0 Å². The molecule has 4 heteroatoms. The molecule has 0 spiro atoms. The van der Waals surface area contributed by atoms with Crippen molar-refractivity contribution in [1.29, 1.82) is 5.41 Å².